The van der Waals surface area contributed by atoms with Crippen LogP contribution in [-0.2, 0) is 14.4 Å². The van der Waals surface area contributed by atoms with Gasteiger partial charge in [-0.3, -0.25) is 24.6 Å². The molecule has 0 bridgehead atoms. The normalized spacial score (nSPS) is 15.4. The van der Waals surface area contributed by atoms with E-state index in [0.29, 0.717) is 5.95 Å². The third-order valence-electron chi connectivity index (χ3n) is 2.47. The van der Waals surface area contributed by atoms with Crippen molar-refractivity contribution in [1.29, 1.82) is 0 Å². The Morgan fingerprint density at radius 2 is 2.12 bits per heavy atom. The van der Waals surface area contributed by atoms with E-state index in [9.17, 15) is 14.4 Å². The molecule has 1 saturated heterocycles. The average Bonchev–Trinajstić information content (AvgIpc) is 2.88. The standard InChI is InChI=1S/C10H12N4O3/c15-7(13-10-11-4-5-12-10)3-6-14-8(16)1-2-9(14)17/h4-5H,1-3,6H2,(H2,11,12,13,15). The SMILES string of the molecule is O=C(CCN1C(=O)CCC1=O)Nc1ncc[nH]1. The highest BCUT2D eigenvalue weighted by Crippen LogP contribution is 2.11. The number of H-pyrrole nitrogens is 1. The summed E-state index contributed by atoms with van der Waals surface area (Å²) >= 11 is 0. The number of imidazole rings is 1. The van der Waals surface area contributed by atoms with E-state index in [2.05, 4.69) is 15.3 Å². The number of likely N-dealkylation sites (tertiary alicyclic amines) is 1. The summed E-state index contributed by atoms with van der Waals surface area (Å²) in [5, 5.41) is 2.52. The second-order valence-corrected chi connectivity index (χ2v) is 3.68. The van der Waals surface area contributed by atoms with Crippen molar-refractivity contribution in [2.24, 2.45) is 0 Å². The number of aromatic amines is 1. The van der Waals surface area contributed by atoms with Gasteiger partial charge in [-0.25, -0.2) is 4.98 Å². The Labute approximate surface area is 97.2 Å². The molecule has 0 aliphatic carbocycles. The summed E-state index contributed by atoms with van der Waals surface area (Å²) < 4.78 is 0. The van der Waals surface area contributed by atoms with Crippen LogP contribution in [0.25, 0.3) is 0 Å². The molecule has 2 N–H and O–H groups in total. The minimum absolute atomic E-state index is 0.0815. The molecule has 1 aromatic heterocycles. The quantitative estimate of drug-likeness (QED) is 0.713. The maximum absolute atomic E-state index is 11.5. The number of aromatic nitrogens is 2. The minimum Gasteiger partial charge on any atom is -0.331 e. The fourth-order valence-electron chi connectivity index (χ4n) is 1.61. The summed E-state index contributed by atoms with van der Waals surface area (Å²) in [6, 6.07) is 0. The molecule has 1 aromatic rings. The Balaban J connectivity index is 1.80. The number of imide groups is 1. The first kappa shape index (κ1) is 11.3. The third kappa shape index (κ3) is 2.68. The maximum atomic E-state index is 11.5. The van der Waals surface area contributed by atoms with Crippen molar-refractivity contribution >= 4 is 23.7 Å². The number of nitrogens with zero attached hydrogens (tertiary/aromatic N) is 2. The lowest BCUT2D eigenvalue weighted by Gasteiger charge is -2.12. The van der Waals surface area contributed by atoms with Crippen LogP contribution in [-0.4, -0.2) is 39.1 Å². The highest BCUT2D eigenvalue weighted by Gasteiger charge is 2.28. The van der Waals surface area contributed by atoms with Gasteiger partial charge in [0.2, 0.25) is 23.7 Å². The summed E-state index contributed by atoms with van der Waals surface area (Å²) in [7, 11) is 0. The van der Waals surface area contributed by atoms with E-state index in [0.717, 1.165) is 4.90 Å². The number of rotatable bonds is 4. The fourth-order valence-corrected chi connectivity index (χ4v) is 1.61. The third-order valence-corrected chi connectivity index (χ3v) is 2.47. The van der Waals surface area contributed by atoms with E-state index in [1.54, 1.807) is 6.20 Å². The molecule has 1 fully saturated rings. The molecule has 0 atom stereocenters. The molecule has 7 nitrogen and oxygen atoms in total. The molecule has 0 unspecified atom stereocenters. The Kier molecular flexibility index (Phi) is 3.17. The number of carbonyl (C=O) groups excluding carboxylic acids is 3. The first-order valence-corrected chi connectivity index (χ1v) is 5.29. The zero-order valence-corrected chi connectivity index (χ0v) is 9.10. The lowest BCUT2D eigenvalue weighted by Crippen LogP contribution is -2.32. The van der Waals surface area contributed by atoms with Crippen LogP contribution in [0.5, 0.6) is 0 Å². The topological polar surface area (TPSA) is 95.2 Å². The van der Waals surface area contributed by atoms with Gasteiger partial charge in [0.15, 0.2) is 0 Å². The number of hydrogen-bond donors (Lipinski definition) is 2. The van der Waals surface area contributed by atoms with Crippen LogP contribution in [0, 0.1) is 0 Å². The summed E-state index contributed by atoms with van der Waals surface area (Å²) in [6.07, 6.45) is 3.68. The molecule has 2 heterocycles. The van der Waals surface area contributed by atoms with Crippen molar-refractivity contribution in [3.63, 3.8) is 0 Å². The molecule has 3 amide bonds. The van der Waals surface area contributed by atoms with Crippen molar-refractivity contribution in [3.8, 4) is 0 Å². The van der Waals surface area contributed by atoms with Crippen molar-refractivity contribution in [2.75, 3.05) is 11.9 Å². The van der Waals surface area contributed by atoms with Gasteiger partial charge in [-0.15, -0.1) is 0 Å². The highest BCUT2D eigenvalue weighted by atomic mass is 16.2. The van der Waals surface area contributed by atoms with Crippen LogP contribution >= 0.6 is 0 Å². The first-order chi connectivity index (χ1) is 8.16. The van der Waals surface area contributed by atoms with Gasteiger partial charge in [-0.1, -0.05) is 0 Å². The second-order valence-electron chi connectivity index (χ2n) is 3.68. The average molecular weight is 236 g/mol. The highest BCUT2D eigenvalue weighted by molar-refractivity contribution is 6.02. The fraction of sp³-hybridized carbons (Fsp3) is 0.400. The van der Waals surface area contributed by atoms with Gasteiger partial charge in [0.05, 0.1) is 0 Å². The lowest BCUT2D eigenvalue weighted by atomic mass is 10.3. The van der Waals surface area contributed by atoms with E-state index in [1.807, 2.05) is 0 Å². The number of amides is 3. The van der Waals surface area contributed by atoms with Crippen molar-refractivity contribution in [1.82, 2.24) is 14.9 Å². The number of nitrogens with one attached hydrogen (secondary N) is 2. The Morgan fingerprint density at radius 1 is 1.41 bits per heavy atom. The smallest absolute Gasteiger partial charge is 0.229 e. The number of hydrogen-bond acceptors (Lipinski definition) is 4. The van der Waals surface area contributed by atoms with Gasteiger partial charge in [-0.2, -0.15) is 0 Å². The molecule has 0 saturated carbocycles. The minimum atomic E-state index is -0.285. The molecule has 2 rings (SSSR count). The van der Waals surface area contributed by atoms with Crippen molar-refractivity contribution in [3.05, 3.63) is 12.4 Å². The first-order valence-electron chi connectivity index (χ1n) is 5.29. The predicted molar refractivity (Wildman–Crippen MR) is 57.8 cm³/mol. The molecule has 0 spiro atoms. The van der Waals surface area contributed by atoms with Crippen LogP contribution in [0.3, 0.4) is 0 Å². The Morgan fingerprint density at radius 3 is 2.71 bits per heavy atom. The van der Waals surface area contributed by atoms with E-state index >= 15 is 0 Å². The lowest BCUT2D eigenvalue weighted by molar-refractivity contribution is -0.138. The van der Waals surface area contributed by atoms with Crippen LogP contribution in [0.4, 0.5) is 5.95 Å². The molecular formula is C10H12N4O3. The van der Waals surface area contributed by atoms with Crippen LogP contribution in [0.1, 0.15) is 19.3 Å². The molecule has 90 valence electrons. The van der Waals surface area contributed by atoms with Crippen molar-refractivity contribution < 1.29 is 14.4 Å². The number of anilines is 1. The van der Waals surface area contributed by atoms with Crippen LogP contribution < -0.4 is 5.32 Å². The molecule has 1 aliphatic rings. The predicted octanol–water partition coefficient (Wildman–Crippen LogP) is -0.113. The van der Waals surface area contributed by atoms with Crippen molar-refractivity contribution in [2.45, 2.75) is 19.3 Å². The summed E-state index contributed by atoms with van der Waals surface area (Å²) in [4.78, 5) is 41.7. The largest absolute Gasteiger partial charge is 0.331 e. The van der Waals surface area contributed by atoms with Crippen LogP contribution in [0.2, 0.25) is 0 Å². The zero-order chi connectivity index (χ0) is 12.3. The van der Waals surface area contributed by atoms with Gasteiger partial charge in [-0.05, 0) is 0 Å². The van der Waals surface area contributed by atoms with Crippen LogP contribution in [0.15, 0.2) is 12.4 Å². The van der Waals surface area contributed by atoms with E-state index < -0.39 is 0 Å². The maximum Gasteiger partial charge on any atom is 0.229 e. The van der Waals surface area contributed by atoms with Gasteiger partial charge in [0.1, 0.15) is 0 Å². The summed E-state index contributed by atoms with van der Waals surface area (Å²) in [5.41, 5.74) is 0. The molecule has 17 heavy (non-hydrogen) atoms. The van der Waals surface area contributed by atoms with E-state index in [1.165, 1.54) is 6.20 Å². The van der Waals surface area contributed by atoms with E-state index in [-0.39, 0.29) is 43.5 Å². The monoisotopic (exact) mass is 236 g/mol. The molecule has 0 radical (unpaired) electrons. The summed E-state index contributed by atoms with van der Waals surface area (Å²) in [6.45, 7) is 0.129. The number of carbonyl (C=O) groups is 3. The second kappa shape index (κ2) is 4.77. The molecule has 1 aliphatic heterocycles. The summed E-state index contributed by atoms with van der Waals surface area (Å²) in [5.74, 6) is -0.344. The van der Waals surface area contributed by atoms with Gasteiger partial charge >= 0.3 is 0 Å². The van der Waals surface area contributed by atoms with Gasteiger partial charge < -0.3 is 4.98 Å². The van der Waals surface area contributed by atoms with E-state index in [4.69, 9.17) is 0 Å². The van der Waals surface area contributed by atoms with Gasteiger partial charge in [0.25, 0.3) is 0 Å². The molecular weight excluding hydrogens is 224 g/mol. The van der Waals surface area contributed by atoms with Gasteiger partial charge in [0, 0.05) is 38.2 Å². The molecule has 0 aromatic carbocycles. The molecule has 7 heteroatoms. The zero-order valence-electron chi connectivity index (χ0n) is 9.10. The Hall–Kier alpha value is -2.18. The Bertz CT molecular complexity index is 424.